The number of fused-ring (bicyclic) bond motifs is 1. The van der Waals surface area contributed by atoms with Crippen LogP contribution in [-0.4, -0.2) is 22.1 Å². The van der Waals surface area contributed by atoms with Crippen LogP contribution in [0.25, 0.3) is 0 Å². The predicted octanol–water partition coefficient (Wildman–Crippen LogP) is 2.74. The van der Waals surface area contributed by atoms with Crippen LogP contribution in [-0.2, 0) is 11.2 Å². The zero-order valence-corrected chi connectivity index (χ0v) is 12.6. The van der Waals surface area contributed by atoms with Crippen molar-refractivity contribution >= 4 is 11.7 Å². The standard InChI is InChI=1S/C17H18N2O3/c1-10-3-7-14-12(9-10)5-8-15(22-14)17(21)19-16-13(20)6-4-11(2)18-16/h3-4,6-7,9,15,20H,5,8H2,1-2H3,(H,18,19,21). The van der Waals surface area contributed by atoms with E-state index in [2.05, 4.69) is 16.4 Å². The molecule has 0 saturated heterocycles. The van der Waals surface area contributed by atoms with Gasteiger partial charge in [-0.15, -0.1) is 0 Å². The smallest absolute Gasteiger partial charge is 0.266 e. The lowest BCUT2D eigenvalue weighted by molar-refractivity contribution is -0.123. The molecule has 5 heteroatoms. The van der Waals surface area contributed by atoms with Crippen LogP contribution in [0.15, 0.2) is 30.3 Å². The van der Waals surface area contributed by atoms with Gasteiger partial charge in [-0.05, 0) is 50.5 Å². The minimum atomic E-state index is -0.572. The molecule has 1 aromatic heterocycles. The maximum atomic E-state index is 12.3. The predicted molar refractivity (Wildman–Crippen MR) is 83.2 cm³/mol. The van der Waals surface area contributed by atoms with E-state index in [9.17, 15) is 9.90 Å². The van der Waals surface area contributed by atoms with Crippen LogP contribution < -0.4 is 10.1 Å². The van der Waals surface area contributed by atoms with Gasteiger partial charge < -0.3 is 15.2 Å². The quantitative estimate of drug-likeness (QED) is 0.894. The normalized spacial score (nSPS) is 16.5. The second kappa shape index (κ2) is 5.67. The fraction of sp³-hybridized carbons (Fsp3) is 0.294. The number of ether oxygens (including phenoxy) is 1. The highest BCUT2D eigenvalue weighted by atomic mass is 16.5. The van der Waals surface area contributed by atoms with Gasteiger partial charge >= 0.3 is 0 Å². The molecule has 0 fully saturated rings. The van der Waals surface area contributed by atoms with E-state index >= 15 is 0 Å². The van der Waals surface area contributed by atoms with Gasteiger partial charge in [0.15, 0.2) is 17.7 Å². The molecule has 0 aliphatic carbocycles. The number of pyridine rings is 1. The van der Waals surface area contributed by atoms with Crippen LogP contribution in [0.4, 0.5) is 5.82 Å². The van der Waals surface area contributed by atoms with Crippen LogP contribution in [0.3, 0.4) is 0 Å². The highest BCUT2D eigenvalue weighted by molar-refractivity contribution is 5.94. The molecule has 1 atom stereocenters. The van der Waals surface area contributed by atoms with Gasteiger partial charge in [0, 0.05) is 5.69 Å². The number of benzene rings is 1. The number of hydrogen-bond donors (Lipinski definition) is 2. The topological polar surface area (TPSA) is 71.5 Å². The number of nitrogens with zero attached hydrogens (tertiary/aromatic N) is 1. The van der Waals surface area contributed by atoms with Crippen LogP contribution in [0, 0.1) is 13.8 Å². The molecule has 1 aromatic carbocycles. The van der Waals surface area contributed by atoms with Gasteiger partial charge in [0.2, 0.25) is 0 Å². The molecule has 5 nitrogen and oxygen atoms in total. The molecule has 0 saturated carbocycles. The molecular weight excluding hydrogens is 280 g/mol. The molecule has 0 bridgehead atoms. The summed E-state index contributed by atoms with van der Waals surface area (Å²) in [6.07, 6.45) is 0.828. The number of carbonyl (C=O) groups is 1. The maximum absolute atomic E-state index is 12.3. The summed E-state index contributed by atoms with van der Waals surface area (Å²) in [5.74, 6) is 0.576. The van der Waals surface area contributed by atoms with E-state index in [-0.39, 0.29) is 17.5 Å². The summed E-state index contributed by atoms with van der Waals surface area (Å²) in [6, 6.07) is 9.13. The van der Waals surface area contributed by atoms with E-state index in [0.29, 0.717) is 6.42 Å². The number of aryl methyl sites for hydroxylation is 3. The number of anilines is 1. The van der Waals surface area contributed by atoms with Gasteiger partial charge in [0.05, 0.1) is 0 Å². The Morgan fingerprint density at radius 2 is 2.14 bits per heavy atom. The van der Waals surface area contributed by atoms with Gasteiger partial charge in [-0.3, -0.25) is 4.79 Å². The van der Waals surface area contributed by atoms with E-state index in [0.717, 1.165) is 23.4 Å². The summed E-state index contributed by atoms with van der Waals surface area (Å²) < 4.78 is 5.77. The summed E-state index contributed by atoms with van der Waals surface area (Å²) in [6.45, 7) is 3.83. The van der Waals surface area contributed by atoms with Crippen LogP contribution in [0.1, 0.15) is 23.2 Å². The highest BCUT2D eigenvalue weighted by Gasteiger charge is 2.27. The number of amides is 1. The molecule has 3 rings (SSSR count). The Hall–Kier alpha value is -2.56. The molecule has 22 heavy (non-hydrogen) atoms. The van der Waals surface area contributed by atoms with Crippen molar-refractivity contribution in [2.24, 2.45) is 0 Å². The average Bonchev–Trinajstić information content (AvgIpc) is 2.50. The molecule has 1 unspecified atom stereocenters. The second-order valence-corrected chi connectivity index (χ2v) is 5.57. The number of aromatic nitrogens is 1. The lowest BCUT2D eigenvalue weighted by Crippen LogP contribution is -2.36. The monoisotopic (exact) mass is 298 g/mol. The summed E-state index contributed by atoms with van der Waals surface area (Å²) in [7, 11) is 0. The van der Waals surface area contributed by atoms with Gasteiger partial charge in [-0.25, -0.2) is 4.98 Å². The molecule has 1 amide bonds. The molecule has 2 aromatic rings. The van der Waals surface area contributed by atoms with Gasteiger partial charge in [0.1, 0.15) is 5.75 Å². The second-order valence-electron chi connectivity index (χ2n) is 5.57. The first-order valence-corrected chi connectivity index (χ1v) is 7.26. The Morgan fingerprint density at radius 3 is 2.95 bits per heavy atom. The zero-order valence-electron chi connectivity index (χ0n) is 12.6. The van der Waals surface area contributed by atoms with E-state index < -0.39 is 6.10 Å². The van der Waals surface area contributed by atoms with E-state index in [4.69, 9.17) is 4.74 Å². The minimum absolute atomic E-state index is 0.0502. The SMILES string of the molecule is Cc1ccc2c(c1)CCC(C(=O)Nc1nc(C)ccc1O)O2. The fourth-order valence-corrected chi connectivity index (χ4v) is 2.54. The first kappa shape index (κ1) is 14.4. The van der Waals surface area contributed by atoms with Gasteiger partial charge in [-0.2, -0.15) is 0 Å². The van der Waals surface area contributed by atoms with E-state index in [1.807, 2.05) is 19.1 Å². The Labute approximate surface area is 129 Å². The van der Waals surface area contributed by atoms with Crippen LogP contribution in [0.5, 0.6) is 11.5 Å². The molecule has 0 radical (unpaired) electrons. The van der Waals surface area contributed by atoms with Gasteiger partial charge in [-0.1, -0.05) is 17.7 Å². The number of hydrogen-bond acceptors (Lipinski definition) is 4. The van der Waals surface area contributed by atoms with E-state index in [1.165, 1.54) is 11.6 Å². The molecule has 2 heterocycles. The maximum Gasteiger partial charge on any atom is 0.266 e. The lowest BCUT2D eigenvalue weighted by Gasteiger charge is -2.25. The largest absolute Gasteiger partial charge is 0.504 e. The van der Waals surface area contributed by atoms with E-state index in [1.54, 1.807) is 13.0 Å². The van der Waals surface area contributed by atoms with Crippen molar-refractivity contribution in [3.05, 3.63) is 47.2 Å². The average molecular weight is 298 g/mol. The molecule has 1 aliphatic rings. The Balaban J connectivity index is 1.74. The third kappa shape index (κ3) is 2.88. The van der Waals surface area contributed by atoms with Crippen molar-refractivity contribution in [1.82, 2.24) is 4.98 Å². The number of nitrogens with one attached hydrogen (secondary N) is 1. The van der Waals surface area contributed by atoms with Crippen LogP contribution >= 0.6 is 0 Å². The van der Waals surface area contributed by atoms with Crippen molar-refractivity contribution in [2.75, 3.05) is 5.32 Å². The number of aromatic hydroxyl groups is 1. The summed E-state index contributed by atoms with van der Waals surface area (Å²) in [5.41, 5.74) is 3.03. The number of carbonyl (C=O) groups excluding carboxylic acids is 1. The zero-order chi connectivity index (χ0) is 15.7. The van der Waals surface area contributed by atoms with Crippen LogP contribution in [0.2, 0.25) is 0 Å². The Kier molecular flexibility index (Phi) is 3.71. The number of rotatable bonds is 2. The van der Waals surface area contributed by atoms with Crippen molar-refractivity contribution in [3.8, 4) is 11.5 Å². The highest BCUT2D eigenvalue weighted by Crippen LogP contribution is 2.29. The Morgan fingerprint density at radius 1 is 1.32 bits per heavy atom. The first-order valence-electron chi connectivity index (χ1n) is 7.26. The van der Waals surface area contributed by atoms with Gasteiger partial charge in [0.25, 0.3) is 5.91 Å². The minimum Gasteiger partial charge on any atom is -0.504 e. The van der Waals surface area contributed by atoms with Crippen molar-refractivity contribution in [1.29, 1.82) is 0 Å². The summed E-state index contributed by atoms with van der Waals surface area (Å²) >= 11 is 0. The Bertz CT molecular complexity index is 728. The van der Waals surface area contributed by atoms with Crippen molar-refractivity contribution in [2.45, 2.75) is 32.8 Å². The van der Waals surface area contributed by atoms with Crippen molar-refractivity contribution < 1.29 is 14.6 Å². The third-order valence-electron chi connectivity index (χ3n) is 3.71. The van der Waals surface area contributed by atoms with Crippen molar-refractivity contribution in [3.63, 3.8) is 0 Å². The fourth-order valence-electron chi connectivity index (χ4n) is 2.54. The lowest BCUT2D eigenvalue weighted by atomic mass is 10.00. The summed E-state index contributed by atoms with van der Waals surface area (Å²) in [4.78, 5) is 16.4. The summed E-state index contributed by atoms with van der Waals surface area (Å²) in [5, 5.41) is 12.4. The first-order chi connectivity index (χ1) is 10.5. The molecular formula is C17H18N2O3. The molecule has 114 valence electrons. The third-order valence-corrected chi connectivity index (χ3v) is 3.71. The molecule has 2 N–H and O–H groups in total. The molecule has 1 aliphatic heterocycles. The molecule has 0 spiro atoms.